The average molecular weight is 271 g/mol. The zero-order chi connectivity index (χ0) is 14.3. The molecule has 3 aromatic heterocycles. The van der Waals surface area contributed by atoms with Crippen LogP contribution in [0.3, 0.4) is 0 Å². The molecule has 0 saturated carbocycles. The number of hydrogen-bond acceptors (Lipinski definition) is 5. The summed E-state index contributed by atoms with van der Waals surface area (Å²) in [6.07, 6.45) is 3.57. The molecular formula is C14H17N5O. The molecule has 0 spiro atoms. The molecule has 0 saturated heterocycles. The Labute approximate surface area is 116 Å². The van der Waals surface area contributed by atoms with Gasteiger partial charge in [0.15, 0.2) is 5.82 Å². The number of nitrogens with zero attached hydrogens (tertiary/aromatic N) is 4. The summed E-state index contributed by atoms with van der Waals surface area (Å²) in [5.74, 6) is 1.60. The number of nitrogens with one attached hydrogen (secondary N) is 1. The maximum absolute atomic E-state index is 5.22. The predicted molar refractivity (Wildman–Crippen MR) is 76.5 cm³/mol. The number of imidazole rings is 1. The van der Waals surface area contributed by atoms with Crippen molar-refractivity contribution in [3.63, 3.8) is 0 Å². The monoisotopic (exact) mass is 271 g/mol. The van der Waals surface area contributed by atoms with Crippen molar-refractivity contribution in [2.75, 3.05) is 5.32 Å². The highest BCUT2D eigenvalue weighted by molar-refractivity contribution is 5.85. The number of aromatic nitrogens is 4. The van der Waals surface area contributed by atoms with Gasteiger partial charge >= 0.3 is 0 Å². The summed E-state index contributed by atoms with van der Waals surface area (Å²) >= 11 is 0. The second-order valence-electron chi connectivity index (χ2n) is 4.99. The van der Waals surface area contributed by atoms with E-state index in [0.29, 0.717) is 0 Å². The van der Waals surface area contributed by atoms with E-state index in [0.717, 1.165) is 33.9 Å². The molecular weight excluding hydrogens is 254 g/mol. The standard InChI is InChI=1S/C14H17N5O/c1-8(12-9(2)18-20-10(12)3)17-14-13-11(5-6-15-14)19(4)7-16-13/h5-8H,1-4H3,(H,15,17). The molecule has 0 aliphatic rings. The molecule has 0 bridgehead atoms. The molecule has 0 radical (unpaired) electrons. The zero-order valence-corrected chi connectivity index (χ0v) is 12.0. The minimum atomic E-state index is 0.0568. The lowest BCUT2D eigenvalue weighted by atomic mass is 10.1. The maximum atomic E-state index is 5.22. The summed E-state index contributed by atoms with van der Waals surface area (Å²) in [6.45, 7) is 5.93. The third kappa shape index (κ3) is 1.93. The molecule has 3 rings (SSSR count). The van der Waals surface area contributed by atoms with Crippen LogP contribution in [0, 0.1) is 13.8 Å². The summed E-state index contributed by atoms with van der Waals surface area (Å²) in [5.41, 5.74) is 3.89. The summed E-state index contributed by atoms with van der Waals surface area (Å²) in [7, 11) is 1.97. The molecule has 104 valence electrons. The van der Waals surface area contributed by atoms with Crippen LogP contribution in [0.2, 0.25) is 0 Å². The number of fused-ring (bicyclic) bond motifs is 1. The van der Waals surface area contributed by atoms with Gasteiger partial charge in [-0.25, -0.2) is 9.97 Å². The van der Waals surface area contributed by atoms with Crippen LogP contribution >= 0.6 is 0 Å². The van der Waals surface area contributed by atoms with Crippen molar-refractivity contribution < 1.29 is 4.52 Å². The van der Waals surface area contributed by atoms with Crippen molar-refractivity contribution in [3.8, 4) is 0 Å². The fourth-order valence-electron chi connectivity index (χ4n) is 2.55. The molecule has 1 N–H and O–H groups in total. The Bertz CT molecular complexity index is 739. The number of hydrogen-bond donors (Lipinski definition) is 1. The van der Waals surface area contributed by atoms with Crippen molar-refractivity contribution in [3.05, 3.63) is 35.6 Å². The van der Waals surface area contributed by atoms with Crippen molar-refractivity contribution in [1.29, 1.82) is 0 Å². The SMILES string of the molecule is Cc1noc(C)c1C(C)Nc1nccc2c1ncn2C. The Morgan fingerprint density at radius 1 is 1.30 bits per heavy atom. The van der Waals surface area contributed by atoms with Gasteiger partial charge in [-0.2, -0.15) is 0 Å². The molecule has 3 heterocycles. The molecule has 0 aliphatic carbocycles. The van der Waals surface area contributed by atoms with Gasteiger partial charge in [-0.05, 0) is 26.8 Å². The first-order valence-electron chi connectivity index (χ1n) is 6.53. The molecule has 0 amide bonds. The molecule has 3 aromatic rings. The summed E-state index contributed by atoms with van der Waals surface area (Å²) in [6, 6.07) is 2.01. The van der Waals surface area contributed by atoms with Gasteiger partial charge in [0.2, 0.25) is 0 Å². The average Bonchev–Trinajstić information content (AvgIpc) is 2.95. The highest BCUT2D eigenvalue weighted by Gasteiger charge is 2.18. The van der Waals surface area contributed by atoms with Crippen LogP contribution in [-0.2, 0) is 7.05 Å². The second kappa shape index (κ2) is 4.63. The normalized spacial score (nSPS) is 12.8. The van der Waals surface area contributed by atoms with E-state index in [9.17, 15) is 0 Å². The molecule has 6 nitrogen and oxygen atoms in total. The fourth-order valence-corrected chi connectivity index (χ4v) is 2.55. The van der Waals surface area contributed by atoms with Crippen LogP contribution in [0.15, 0.2) is 23.1 Å². The highest BCUT2D eigenvalue weighted by Crippen LogP contribution is 2.27. The van der Waals surface area contributed by atoms with Gasteiger partial charge in [0.05, 0.1) is 23.6 Å². The molecule has 0 fully saturated rings. The minimum absolute atomic E-state index is 0.0568. The van der Waals surface area contributed by atoms with E-state index < -0.39 is 0 Å². The lowest BCUT2D eigenvalue weighted by Gasteiger charge is -2.14. The van der Waals surface area contributed by atoms with Crippen LogP contribution in [0.4, 0.5) is 5.82 Å². The van der Waals surface area contributed by atoms with Gasteiger partial charge in [0, 0.05) is 18.8 Å². The van der Waals surface area contributed by atoms with E-state index in [2.05, 4.69) is 27.4 Å². The molecule has 0 aliphatic heterocycles. The maximum Gasteiger partial charge on any atom is 0.154 e. The topological polar surface area (TPSA) is 68.8 Å². The first kappa shape index (κ1) is 12.7. The van der Waals surface area contributed by atoms with E-state index in [1.165, 1.54) is 0 Å². The van der Waals surface area contributed by atoms with Crippen LogP contribution in [0.25, 0.3) is 11.0 Å². The number of rotatable bonds is 3. The Hall–Kier alpha value is -2.37. The van der Waals surface area contributed by atoms with E-state index in [1.54, 1.807) is 12.5 Å². The molecule has 20 heavy (non-hydrogen) atoms. The first-order chi connectivity index (χ1) is 9.58. The third-order valence-electron chi connectivity index (χ3n) is 3.52. The summed E-state index contributed by atoms with van der Waals surface area (Å²) in [5, 5.41) is 7.39. The van der Waals surface area contributed by atoms with Crippen LogP contribution in [0.5, 0.6) is 0 Å². The van der Waals surface area contributed by atoms with Crippen LogP contribution in [0.1, 0.15) is 30.0 Å². The quantitative estimate of drug-likeness (QED) is 0.793. The Morgan fingerprint density at radius 2 is 2.10 bits per heavy atom. The highest BCUT2D eigenvalue weighted by atomic mass is 16.5. The van der Waals surface area contributed by atoms with Gasteiger partial charge in [0.25, 0.3) is 0 Å². The Morgan fingerprint density at radius 3 is 2.80 bits per heavy atom. The fraction of sp³-hybridized carbons (Fsp3) is 0.357. The van der Waals surface area contributed by atoms with Crippen molar-refractivity contribution in [2.24, 2.45) is 7.05 Å². The smallest absolute Gasteiger partial charge is 0.154 e. The summed E-state index contributed by atoms with van der Waals surface area (Å²) < 4.78 is 7.19. The van der Waals surface area contributed by atoms with Gasteiger partial charge in [-0.1, -0.05) is 5.16 Å². The lowest BCUT2D eigenvalue weighted by Crippen LogP contribution is -2.10. The minimum Gasteiger partial charge on any atom is -0.361 e. The molecule has 1 unspecified atom stereocenters. The lowest BCUT2D eigenvalue weighted by molar-refractivity contribution is 0.392. The largest absolute Gasteiger partial charge is 0.361 e. The number of pyridine rings is 1. The van der Waals surface area contributed by atoms with E-state index >= 15 is 0 Å². The van der Waals surface area contributed by atoms with Crippen molar-refractivity contribution >= 4 is 16.9 Å². The second-order valence-corrected chi connectivity index (χ2v) is 4.99. The molecule has 1 atom stereocenters. The van der Waals surface area contributed by atoms with E-state index in [4.69, 9.17) is 4.52 Å². The van der Waals surface area contributed by atoms with Gasteiger partial charge in [-0.15, -0.1) is 0 Å². The Balaban J connectivity index is 1.97. The zero-order valence-electron chi connectivity index (χ0n) is 12.0. The number of anilines is 1. The van der Waals surface area contributed by atoms with Gasteiger partial charge in [-0.3, -0.25) is 0 Å². The van der Waals surface area contributed by atoms with Crippen LogP contribution in [-0.4, -0.2) is 19.7 Å². The molecule has 6 heteroatoms. The van der Waals surface area contributed by atoms with E-state index in [1.807, 2.05) is 31.5 Å². The number of aryl methyl sites for hydroxylation is 3. The van der Waals surface area contributed by atoms with Gasteiger partial charge < -0.3 is 14.4 Å². The van der Waals surface area contributed by atoms with Crippen LogP contribution < -0.4 is 5.32 Å². The predicted octanol–water partition coefficient (Wildman–Crippen LogP) is 2.75. The molecule has 0 aromatic carbocycles. The van der Waals surface area contributed by atoms with Crippen molar-refractivity contribution in [2.45, 2.75) is 26.8 Å². The summed E-state index contributed by atoms with van der Waals surface area (Å²) in [4.78, 5) is 8.79. The Kier molecular flexibility index (Phi) is 2.93. The third-order valence-corrected chi connectivity index (χ3v) is 3.52. The van der Waals surface area contributed by atoms with Gasteiger partial charge in [0.1, 0.15) is 11.3 Å². The van der Waals surface area contributed by atoms with Crippen molar-refractivity contribution in [1.82, 2.24) is 19.7 Å². The van der Waals surface area contributed by atoms with E-state index in [-0.39, 0.29) is 6.04 Å². The first-order valence-corrected chi connectivity index (χ1v) is 6.53.